The number of hydrogen-bond donors (Lipinski definition) is 1. The van der Waals surface area contributed by atoms with Crippen LogP contribution in [0.25, 0.3) is 10.8 Å². The minimum absolute atomic E-state index is 0. The Bertz CT molecular complexity index is 479. The summed E-state index contributed by atoms with van der Waals surface area (Å²) in [7, 11) is 0. The van der Waals surface area contributed by atoms with Crippen molar-refractivity contribution in [2.24, 2.45) is 5.73 Å². The molecule has 2 aromatic carbocycles. The minimum atomic E-state index is 0. The molecule has 2 rings (SSSR count). The number of halogens is 1. The minimum Gasteiger partial charge on any atom is -0.324 e. The maximum absolute atomic E-state index is 6.11. The molecule has 2 aromatic rings. The summed E-state index contributed by atoms with van der Waals surface area (Å²) in [5, 5.41) is 2.62. The van der Waals surface area contributed by atoms with Crippen LogP contribution in [0.1, 0.15) is 30.5 Å². The van der Waals surface area contributed by atoms with Gasteiger partial charge in [-0.2, -0.15) is 0 Å². The Morgan fingerprint density at radius 2 is 1.69 bits per heavy atom. The molecule has 0 unspecified atom stereocenters. The summed E-state index contributed by atoms with van der Waals surface area (Å²) in [6, 6.07) is 12.9. The number of fused-ring (bicyclic) bond motifs is 1. The van der Waals surface area contributed by atoms with Crippen LogP contribution in [-0.4, -0.2) is 0 Å². The van der Waals surface area contributed by atoms with Crippen LogP contribution in [0.3, 0.4) is 0 Å². The zero-order chi connectivity index (χ0) is 10.8. The Morgan fingerprint density at radius 1 is 1.06 bits per heavy atom. The average molecular weight is 236 g/mol. The monoisotopic (exact) mass is 235 g/mol. The van der Waals surface area contributed by atoms with E-state index in [2.05, 4.69) is 50.2 Å². The molecule has 0 spiro atoms. The Hall–Kier alpha value is -1.05. The molecule has 2 N–H and O–H groups in total. The molecule has 0 aliphatic heterocycles. The maximum atomic E-state index is 6.11. The molecule has 16 heavy (non-hydrogen) atoms. The lowest BCUT2D eigenvalue weighted by atomic mass is 9.95. The normalized spacial score (nSPS) is 12.2. The van der Waals surface area contributed by atoms with E-state index in [-0.39, 0.29) is 18.4 Å². The van der Waals surface area contributed by atoms with Crippen LogP contribution in [0.4, 0.5) is 0 Å². The van der Waals surface area contributed by atoms with E-state index in [4.69, 9.17) is 5.73 Å². The molecule has 1 atom stereocenters. The van der Waals surface area contributed by atoms with Crippen molar-refractivity contribution >= 4 is 23.2 Å². The summed E-state index contributed by atoms with van der Waals surface area (Å²) < 4.78 is 0. The summed E-state index contributed by atoms with van der Waals surface area (Å²) in [4.78, 5) is 0. The lowest BCUT2D eigenvalue weighted by molar-refractivity contribution is 0.704. The highest BCUT2D eigenvalue weighted by atomic mass is 35.5. The van der Waals surface area contributed by atoms with Gasteiger partial charge in [0, 0.05) is 6.04 Å². The van der Waals surface area contributed by atoms with Crippen molar-refractivity contribution in [2.75, 3.05) is 0 Å². The molecule has 0 radical (unpaired) electrons. The highest BCUT2D eigenvalue weighted by Gasteiger charge is 2.08. The quantitative estimate of drug-likeness (QED) is 0.837. The Morgan fingerprint density at radius 3 is 2.31 bits per heavy atom. The van der Waals surface area contributed by atoms with Crippen molar-refractivity contribution in [3.63, 3.8) is 0 Å². The van der Waals surface area contributed by atoms with Gasteiger partial charge in [0.1, 0.15) is 0 Å². The van der Waals surface area contributed by atoms with Crippen molar-refractivity contribution in [3.8, 4) is 0 Å². The molecule has 0 saturated heterocycles. The summed E-state index contributed by atoms with van der Waals surface area (Å²) in [6.45, 7) is 4.27. The van der Waals surface area contributed by atoms with E-state index in [1.807, 2.05) is 0 Å². The summed E-state index contributed by atoms with van der Waals surface area (Å²) >= 11 is 0. The molecule has 0 amide bonds. The fraction of sp³-hybridized carbons (Fsp3) is 0.286. The number of nitrogens with two attached hydrogens (primary N) is 1. The summed E-state index contributed by atoms with van der Waals surface area (Å²) in [5.41, 5.74) is 8.69. The fourth-order valence-electron chi connectivity index (χ4n) is 2.02. The van der Waals surface area contributed by atoms with E-state index in [0.29, 0.717) is 0 Å². The van der Waals surface area contributed by atoms with Crippen LogP contribution < -0.4 is 5.73 Å². The second-order valence-corrected chi connectivity index (χ2v) is 4.03. The van der Waals surface area contributed by atoms with Gasteiger partial charge in [0.2, 0.25) is 0 Å². The van der Waals surface area contributed by atoms with Crippen LogP contribution in [-0.2, 0) is 0 Å². The van der Waals surface area contributed by atoms with Crippen LogP contribution in [0, 0.1) is 6.92 Å². The van der Waals surface area contributed by atoms with Crippen molar-refractivity contribution in [1.29, 1.82) is 0 Å². The second kappa shape index (κ2) is 5.33. The highest BCUT2D eigenvalue weighted by Crippen LogP contribution is 2.26. The number of benzene rings is 2. The van der Waals surface area contributed by atoms with E-state index in [0.717, 1.165) is 6.42 Å². The first-order valence-corrected chi connectivity index (χ1v) is 5.48. The third kappa shape index (κ3) is 2.21. The largest absolute Gasteiger partial charge is 0.324 e. The molecule has 0 saturated carbocycles. The third-order valence-corrected chi connectivity index (χ3v) is 3.02. The predicted octanol–water partition coefficient (Wildman–Crippen LogP) is 3.98. The first-order valence-electron chi connectivity index (χ1n) is 5.48. The topological polar surface area (TPSA) is 26.0 Å². The van der Waals surface area contributed by atoms with Gasteiger partial charge in [0.05, 0.1) is 0 Å². The van der Waals surface area contributed by atoms with Crippen molar-refractivity contribution < 1.29 is 0 Å². The van der Waals surface area contributed by atoms with Crippen LogP contribution >= 0.6 is 12.4 Å². The molecule has 0 heterocycles. The van der Waals surface area contributed by atoms with Gasteiger partial charge in [0.15, 0.2) is 0 Å². The van der Waals surface area contributed by atoms with Gasteiger partial charge in [-0.25, -0.2) is 0 Å². The first kappa shape index (κ1) is 13.0. The Labute approximate surface area is 103 Å². The van der Waals surface area contributed by atoms with Gasteiger partial charge in [-0.3, -0.25) is 0 Å². The smallest absolute Gasteiger partial charge is 0.0298 e. The molecule has 86 valence electrons. The molecular weight excluding hydrogens is 218 g/mol. The van der Waals surface area contributed by atoms with Gasteiger partial charge < -0.3 is 5.73 Å². The summed E-state index contributed by atoms with van der Waals surface area (Å²) in [5.74, 6) is 0. The average Bonchev–Trinajstić information content (AvgIpc) is 2.29. The predicted molar refractivity (Wildman–Crippen MR) is 73.2 cm³/mol. The standard InChI is InChI=1S/C14H17N.ClH/c1-3-14(15)13-9-8-10(2)11-6-4-5-7-12(11)13;/h4-9,14H,3,15H2,1-2H3;1H/t14-;/m1./s1. The Balaban J connectivity index is 0.00000128. The molecule has 0 fully saturated rings. The summed E-state index contributed by atoms with van der Waals surface area (Å²) in [6.07, 6.45) is 0.979. The SMILES string of the molecule is CC[C@@H](N)c1ccc(C)c2ccccc12.Cl. The van der Waals surface area contributed by atoms with E-state index in [1.54, 1.807) is 0 Å². The zero-order valence-electron chi connectivity index (χ0n) is 9.73. The molecule has 0 bridgehead atoms. The molecule has 1 nitrogen and oxygen atoms in total. The number of hydrogen-bond acceptors (Lipinski definition) is 1. The first-order chi connectivity index (χ1) is 7.24. The lowest BCUT2D eigenvalue weighted by Crippen LogP contribution is -2.09. The number of rotatable bonds is 2. The van der Waals surface area contributed by atoms with E-state index in [9.17, 15) is 0 Å². The van der Waals surface area contributed by atoms with E-state index >= 15 is 0 Å². The van der Waals surface area contributed by atoms with Gasteiger partial charge >= 0.3 is 0 Å². The van der Waals surface area contributed by atoms with Gasteiger partial charge in [-0.1, -0.05) is 43.3 Å². The van der Waals surface area contributed by atoms with Crippen LogP contribution in [0.5, 0.6) is 0 Å². The second-order valence-electron chi connectivity index (χ2n) is 4.03. The fourth-order valence-corrected chi connectivity index (χ4v) is 2.02. The Kier molecular flexibility index (Phi) is 4.34. The molecule has 0 aromatic heterocycles. The molecule has 0 aliphatic rings. The highest BCUT2D eigenvalue weighted by molar-refractivity contribution is 5.88. The molecular formula is C14H18ClN. The van der Waals surface area contributed by atoms with Gasteiger partial charge in [-0.05, 0) is 35.2 Å². The molecule has 2 heteroatoms. The maximum Gasteiger partial charge on any atom is 0.0298 e. The van der Waals surface area contributed by atoms with E-state index < -0.39 is 0 Å². The van der Waals surface area contributed by atoms with Crippen molar-refractivity contribution in [3.05, 3.63) is 47.5 Å². The van der Waals surface area contributed by atoms with Crippen molar-refractivity contribution in [2.45, 2.75) is 26.3 Å². The third-order valence-electron chi connectivity index (χ3n) is 3.02. The van der Waals surface area contributed by atoms with Gasteiger partial charge in [0.25, 0.3) is 0 Å². The van der Waals surface area contributed by atoms with Crippen LogP contribution in [0.2, 0.25) is 0 Å². The lowest BCUT2D eigenvalue weighted by Gasteiger charge is -2.13. The van der Waals surface area contributed by atoms with Gasteiger partial charge in [-0.15, -0.1) is 12.4 Å². The zero-order valence-corrected chi connectivity index (χ0v) is 10.6. The van der Waals surface area contributed by atoms with E-state index in [1.165, 1.54) is 21.9 Å². The molecule has 0 aliphatic carbocycles. The van der Waals surface area contributed by atoms with Crippen LogP contribution in [0.15, 0.2) is 36.4 Å². The van der Waals surface area contributed by atoms with Crippen molar-refractivity contribution in [1.82, 2.24) is 0 Å². The number of aryl methyl sites for hydroxylation is 1.